The molecule has 8 aliphatic carbocycles. The van der Waals surface area contributed by atoms with E-state index in [0.29, 0.717) is 54.3 Å². The highest BCUT2D eigenvalue weighted by Gasteiger charge is 2.47. The minimum Gasteiger partial charge on any atom is -0.322 e. The van der Waals surface area contributed by atoms with Gasteiger partial charge in [-0.1, -0.05) is 163 Å². The molecule has 0 saturated heterocycles. The van der Waals surface area contributed by atoms with E-state index >= 15 is 0 Å². The Morgan fingerprint density at radius 1 is 0.197 bits per heavy atom. The first-order valence-corrected chi connectivity index (χ1v) is 63.2. The molecule has 8 aliphatic heterocycles. The van der Waals surface area contributed by atoms with Crippen LogP contribution in [0.1, 0.15) is 333 Å². The third-order valence-electron chi connectivity index (χ3n) is 37.4. The summed E-state index contributed by atoms with van der Waals surface area (Å²) in [5, 5.41) is 17.9. The van der Waals surface area contributed by atoms with Crippen molar-refractivity contribution >= 4 is 90.7 Å². The predicted octanol–water partition coefficient (Wildman–Crippen LogP) is 34.7. The standard InChI is InChI=1S/C18H16N2S.7C15H18N2S/c1-2-4-13-9-14(6-5-12(13)3-1)17-18-15(7-8-21-18)16-10-19-11-20(16)17;7*1-10-3-2-4-11(7-10)14-15-12(5-6-18-15)13-8-16-9-17(13)14/h1-4,7-8,10-11,14,17H,5-6,9H2;7*5-6,8-11,14H,2-4,7H2,1H3/t14?,17-;2*10-,11?,14+;10-,11?,14-;2*10-,11+,14+;2*10-,11-,14-/m01011010/s1. The maximum absolute atomic E-state index is 4.38. The topological polar surface area (TPSA) is 143 Å². The molecule has 7 saturated carbocycles. The highest BCUT2D eigenvalue weighted by Crippen LogP contribution is 2.60. The molecule has 4 unspecified atom stereocenters. The van der Waals surface area contributed by atoms with Crippen molar-refractivity contribution < 1.29 is 0 Å². The number of imidazole rings is 8. The second-order valence-corrected chi connectivity index (χ2v) is 54.7. The highest BCUT2D eigenvalue weighted by atomic mass is 32.1. The fourth-order valence-corrected chi connectivity index (χ4v) is 39.6. The summed E-state index contributed by atoms with van der Waals surface area (Å²) in [4.78, 5) is 47.4. The molecule has 24 heteroatoms. The van der Waals surface area contributed by atoms with Crippen LogP contribution in [0.2, 0.25) is 0 Å². The molecular weight excluding hydrogens is 1960 g/mol. The van der Waals surface area contributed by atoms with Crippen molar-refractivity contribution in [1.29, 1.82) is 0 Å². The number of hydrogen-bond acceptors (Lipinski definition) is 16. The quantitative estimate of drug-likeness (QED) is 0.146. The maximum atomic E-state index is 4.38. The van der Waals surface area contributed by atoms with E-state index in [2.05, 4.69) is 241 Å². The van der Waals surface area contributed by atoms with Crippen LogP contribution >= 0.6 is 90.7 Å². The third kappa shape index (κ3) is 18.2. The normalized spacial score (nSPS) is 29.1. The molecule has 7 fully saturated rings. The van der Waals surface area contributed by atoms with Gasteiger partial charge in [-0.3, -0.25) is 0 Å². The van der Waals surface area contributed by atoms with Gasteiger partial charge in [0.25, 0.3) is 0 Å². The Labute approximate surface area is 900 Å². The van der Waals surface area contributed by atoms with E-state index in [1.54, 1.807) is 45.3 Å². The van der Waals surface area contributed by atoms with Crippen molar-refractivity contribution in [3.05, 3.63) is 266 Å². The van der Waals surface area contributed by atoms with Crippen molar-refractivity contribution in [2.24, 2.45) is 88.8 Å². The van der Waals surface area contributed by atoms with E-state index in [1.165, 1.54) is 294 Å². The molecule has 0 N–H and O–H groups in total. The summed E-state index contributed by atoms with van der Waals surface area (Å²) in [5.74, 6) is 12.6. The van der Waals surface area contributed by atoms with Gasteiger partial charge < -0.3 is 36.5 Å². The second-order valence-electron chi connectivity index (χ2n) is 47.1. The fourth-order valence-electron chi connectivity index (χ4n) is 30.9. The lowest BCUT2D eigenvalue weighted by Crippen LogP contribution is -2.23. The number of aromatic nitrogens is 16. The van der Waals surface area contributed by atoms with Crippen molar-refractivity contribution in [3.63, 3.8) is 0 Å². The summed E-state index contributed by atoms with van der Waals surface area (Å²) in [6.45, 7) is 16.9. The Hall–Kier alpha value is -9.50. The molecule has 33 rings (SSSR count). The molecule has 762 valence electrons. The zero-order chi connectivity index (χ0) is 98.6. The summed E-state index contributed by atoms with van der Waals surface area (Å²) < 4.78 is 19.3. The summed E-state index contributed by atoms with van der Waals surface area (Å²) in [7, 11) is 0. The molecular formula is C123H142N16S8. The summed E-state index contributed by atoms with van der Waals surface area (Å²) in [6.07, 6.45) is 75.1. The van der Waals surface area contributed by atoms with E-state index in [9.17, 15) is 0 Å². The molecule has 0 amide bonds. The number of thiophene rings is 8. The van der Waals surface area contributed by atoms with E-state index in [4.69, 9.17) is 0 Å². The highest BCUT2D eigenvalue weighted by molar-refractivity contribution is 7.12. The monoisotopic (exact) mass is 2100 g/mol. The minimum absolute atomic E-state index is 0.492. The molecule has 0 spiro atoms. The molecule has 0 radical (unpaired) electrons. The van der Waals surface area contributed by atoms with E-state index in [0.717, 1.165) is 82.9 Å². The van der Waals surface area contributed by atoms with Gasteiger partial charge in [-0.05, 0) is 301 Å². The van der Waals surface area contributed by atoms with Crippen molar-refractivity contribution in [1.82, 2.24) is 76.4 Å². The number of aryl methyl sites for hydroxylation is 1. The van der Waals surface area contributed by atoms with Crippen LogP contribution in [0.15, 0.2) is 216 Å². The van der Waals surface area contributed by atoms with Gasteiger partial charge in [0.15, 0.2) is 0 Å². The fraction of sp³-hybridized carbons (Fsp3) is 0.496. The van der Waals surface area contributed by atoms with Crippen LogP contribution < -0.4 is 0 Å². The van der Waals surface area contributed by atoms with Crippen LogP contribution in [-0.4, -0.2) is 76.4 Å². The lowest BCUT2D eigenvalue weighted by atomic mass is 9.78. The minimum atomic E-state index is 0.492. The van der Waals surface area contributed by atoms with Crippen molar-refractivity contribution in [3.8, 4) is 90.1 Å². The van der Waals surface area contributed by atoms with E-state index < -0.39 is 0 Å². The Balaban J connectivity index is 0.0000000852. The number of hydrogen-bond donors (Lipinski definition) is 0. The molecule has 23 atom stereocenters. The summed E-state index contributed by atoms with van der Waals surface area (Å²) in [6, 6.07) is 31.5. The molecule has 24 heterocycles. The molecule has 147 heavy (non-hydrogen) atoms. The van der Waals surface area contributed by atoms with Crippen LogP contribution in [-0.2, 0) is 12.8 Å². The maximum Gasteiger partial charge on any atom is 0.0957 e. The van der Waals surface area contributed by atoms with Crippen LogP contribution in [0.5, 0.6) is 0 Å². The van der Waals surface area contributed by atoms with Gasteiger partial charge in [0.05, 0.1) is 194 Å². The molecule has 16 aliphatic rings. The summed E-state index contributed by atoms with van der Waals surface area (Å²) >= 11 is 15.4. The van der Waals surface area contributed by atoms with Gasteiger partial charge in [0.2, 0.25) is 0 Å². The smallest absolute Gasteiger partial charge is 0.0957 e. The van der Waals surface area contributed by atoms with E-state index in [1.807, 2.05) is 191 Å². The summed E-state index contributed by atoms with van der Waals surface area (Å²) in [5.41, 5.74) is 25.1. The molecule has 0 bridgehead atoms. The first-order valence-electron chi connectivity index (χ1n) is 56.2. The molecule has 17 aromatic rings. The molecule has 16 aromatic heterocycles. The zero-order valence-corrected chi connectivity index (χ0v) is 92.9. The van der Waals surface area contributed by atoms with Crippen LogP contribution in [0.4, 0.5) is 0 Å². The van der Waals surface area contributed by atoms with Crippen LogP contribution in [0.3, 0.4) is 0 Å². The van der Waals surface area contributed by atoms with Crippen molar-refractivity contribution in [2.75, 3.05) is 0 Å². The Morgan fingerprint density at radius 2 is 0.367 bits per heavy atom. The van der Waals surface area contributed by atoms with Crippen LogP contribution in [0, 0.1) is 88.8 Å². The zero-order valence-electron chi connectivity index (χ0n) is 86.4. The third-order valence-corrected chi connectivity index (χ3v) is 45.3. The van der Waals surface area contributed by atoms with Gasteiger partial charge in [0.1, 0.15) is 0 Å². The first-order chi connectivity index (χ1) is 72.3. The molecule has 1 aromatic carbocycles. The van der Waals surface area contributed by atoms with Crippen molar-refractivity contribution in [2.45, 2.75) is 296 Å². The predicted molar refractivity (Wildman–Crippen MR) is 609 cm³/mol. The molecule has 16 nitrogen and oxygen atoms in total. The largest absolute Gasteiger partial charge is 0.322 e. The van der Waals surface area contributed by atoms with Gasteiger partial charge in [-0.25, -0.2) is 39.9 Å². The lowest BCUT2D eigenvalue weighted by Gasteiger charge is -2.32. The average molecular weight is 2100 g/mol. The number of fused-ring (bicyclic) bond motifs is 25. The Bertz CT molecular complexity index is 6020. The number of benzene rings is 1. The average Bonchev–Trinajstić information content (AvgIpc) is 1.60. The lowest BCUT2D eigenvalue weighted by molar-refractivity contribution is 0.234. The van der Waals surface area contributed by atoms with E-state index in [-0.39, 0.29) is 0 Å². The SMILES string of the molecule is C[C@@H]1CCCC([C@@H]2c3sccc3-c3cncn32)C1.C[C@@H]1CCCC([C@H]2c3sccc3-c3cncn32)C1.C[C@@H]1CCC[C@@H]([C@@H]2c3sccc3-c3cncn32)C1.C[C@@H]1CCC[C@H]([C@H]2c3sccc3-c3cncn32)C1.C[C@H]1CCCC([C@@H]2c3sccc3-c3cncn32)C1.C[C@H]1CCC[C@@H]([C@@H]2c3sccc3-c3cncn32)C1.C[C@H]1CCC[C@H]([C@H]2c3sccc3-c3cncn32)C1.c1ccc2c(c1)CCC([C@H]1c3sccc3-c3cncn31)C2. The first kappa shape index (κ1) is 97.0. The Morgan fingerprint density at radius 3 is 0.544 bits per heavy atom. The second kappa shape index (κ2) is 41.9. The van der Waals surface area contributed by atoms with Gasteiger partial charge >= 0.3 is 0 Å². The number of nitrogens with zero attached hydrogens (tertiary/aromatic N) is 16. The van der Waals surface area contributed by atoms with Crippen LogP contribution in [0.25, 0.3) is 90.1 Å². The van der Waals surface area contributed by atoms with Gasteiger partial charge in [-0.2, -0.15) is 0 Å². The Kier molecular flexibility index (Phi) is 27.7. The van der Waals surface area contributed by atoms with Gasteiger partial charge in [0, 0.05) is 83.5 Å². The number of rotatable bonds is 8. The van der Waals surface area contributed by atoms with Gasteiger partial charge in [-0.15, -0.1) is 90.7 Å².